The van der Waals surface area contributed by atoms with Crippen LogP contribution in [0.4, 0.5) is 0 Å². The highest BCUT2D eigenvalue weighted by Crippen LogP contribution is 2.00. The van der Waals surface area contributed by atoms with Gasteiger partial charge < -0.3 is 0 Å². The molecule has 0 aromatic carbocycles. The Hall–Kier alpha value is -2.37. The van der Waals surface area contributed by atoms with Crippen LogP contribution in [0.25, 0.3) is 0 Å². The van der Waals surface area contributed by atoms with Gasteiger partial charge in [-0.3, -0.25) is 0 Å². The van der Waals surface area contributed by atoms with E-state index in [1.165, 1.54) is 0 Å². The Morgan fingerprint density at radius 3 is 1.96 bits per heavy atom. The van der Waals surface area contributed by atoms with Gasteiger partial charge in [0.25, 0.3) is 0 Å². The van der Waals surface area contributed by atoms with E-state index in [-0.39, 0.29) is 0 Å². The van der Waals surface area contributed by atoms with Crippen LogP contribution in [-0.2, 0) is 33.2 Å². The molecule has 3 aromatic heterocycles. The van der Waals surface area contributed by atoms with Crippen LogP contribution in [0.15, 0.2) is 56.2 Å². The molecule has 0 bridgehead atoms. The van der Waals surface area contributed by atoms with Gasteiger partial charge in [0.15, 0.2) is 0 Å². The first-order chi connectivity index (χ1) is 12.1. The molecule has 25 heavy (non-hydrogen) atoms. The van der Waals surface area contributed by atoms with Crippen molar-refractivity contribution in [3.05, 3.63) is 56.2 Å². The van der Waals surface area contributed by atoms with E-state index >= 15 is 0 Å². The van der Waals surface area contributed by atoms with Gasteiger partial charge in [0.1, 0.15) is 37.2 Å². The smallest absolute Gasteiger partial charge is 0.240 e. The second kappa shape index (κ2) is 8.14. The SMILES string of the molecule is CC(C)n1cc[n+](CCCn2cc[n+](CCCn3cc[n+](C)c3)c2)c1. The molecule has 134 valence electrons. The maximum Gasteiger partial charge on any atom is 0.243 e. The van der Waals surface area contributed by atoms with E-state index in [2.05, 4.69) is 104 Å². The molecule has 0 aliphatic heterocycles. The first kappa shape index (κ1) is 17.5. The molecule has 0 aliphatic rings. The Morgan fingerprint density at radius 2 is 1.36 bits per heavy atom. The van der Waals surface area contributed by atoms with Crippen LogP contribution in [-0.4, -0.2) is 13.7 Å². The predicted octanol–water partition coefficient (Wildman–Crippen LogP) is 1.25. The zero-order valence-corrected chi connectivity index (χ0v) is 15.7. The molecule has 0 saturated carbocycles. The van der Waals surface area contributed by atoms with Crippen LogP contribution in [0.1, 0.15) is 32.7 Å². The normalized spacial score (nSPS) is 11.5. The fourth-order valence-electron chi connectivity index (χ4n) is 3.06. The third-order valence-corrected chi connectivity index (χ3v) is 4.54. The van der Waals surface area contributed by atoms with Gasteiger partial charge in [-0.15, -0.1) is 0 Å². The van der Waals surface area contributed by atoms with Gasteiger partial charge in [-0.05, 0) is 13.8 Å². The summed E-state index contributed by atoms with van der Waals surface area (Å²) >= 11 is 0. The van der Waals surface area contributed by atoms with Crippen LogP contribution >= 0.6 is 0 Å². The van der Waals surface area contributed by atoms with Crippen molar-refractivity contribution in [1.82, 2.24) is 13.7 Å². The third-order valence-electron chi connectivity index (χ3n) is 4.54. The molecule has 0 saturated heterocycles. The van der Waals surface area contributed by atoms with E-state index in [0.29, 0.717) is 6.04 Å². The minimum atomic E-state index is 0.527. The van der Waals surface area contributed by atoms with Gasteiger partial charge in [-0.2, -0.15) is 0 Å². The molecule has 0 radical (unpaired) electrons. The molecule has 0 atom stereocenters. The molecular weight excluding hydrogens is 312 g/mol. The summed E-state index contributed by atoms with van der Waals surface area (Å²) in [5.74, 6) is 0. The van der Waals surface area contributed by atoms with Gasteiger partial charge in [-0.25, -0.2) is 27.4 Å². The lowest BCUT2D eigenvalue weighted by atomic mass is 10.4. The molecule has 0 spiro atoms. The van der Waals surface area contributed by atoms with E-state index in [1.54, 1.807) is 0 Å². The third kappa shape index (κ3) is 5.05. The van der Waals surface area contributed by atoms with Crippen LogP contribution in [0, 0.1) is 0 Å². The summed E-state index contributed by atoms with van der Waals surface area (Å²) < 4.78 is 13.4. The highest BCUT2D eigenvalue weighted by Gasteiger charge is 2.08. The van der Waals surface area contributed by atoms with E-state index in [0.717, 1.165) is 39.0 Å². The van der Waals surface area contributed by atoms with Crippen LogP contribution in [0.2, 0.25) is 0 Å². The summed E-state index contributed by atoms with van der Waals surface area (Å²) in [5, 5.41) is 0. The van der Waals surface area contributed by atoms with Crippen molar-refractivity contribution in [2.24, 2.45) is 7.05 Å². The number of hydrogen-bond donors (Lipinski definition) is 0. The fraction of sp³-hybridized carbons (Fsp3) is 0.526. The van der Waals surface area contributed by atoms with Gasteiger partial charge in [0.05, 0.1) is 39.3 Å². The van der Waals surface area contributed by atoms with Crippen molar-refractivity contribution >= 4 is 0 Å². The van der Waals surface area contributed by atoms with Crippen LogP contribution < -0.4 is 13.7 Å². The number of nitrogens with zero attached hydrogens (tertiary/aromatic N) is 6. The number of aromatic nitrogens is 6. The molecular formula is C19H31N6+3. The minimum absolute atomic E-state index is 0.527. The minimum Gasteiger partial charge on any atom is -0.240 e. The summed E-state index contributed by atoms with van der Waals surface area (Å²) in [6.45, 7) is 8.64. The fourth-order valence-corrected chi connectivity index (χ4v) is 3.06. The van der Waals surface area contributed by atoms with E-state index in [1.807, 2.05) is 0 Å². The topological polar surface area (TPSA) is 26.4 Å². The molecule has 3 aromatic rings. The Labute approximate surface area is 150 Å². The number of rotatable bonds is 9. The molecule has 0 N–H and O–H groups in total. The van der Waals surface area contributed by atoms with Crippen molar-refractivity contribution in [3.63, 3.8) is 0 Å². The summed E-state index contributed by atoms with van der Waals surface area (Å²) in [6, 6.07) is 0.527. The van der Waals surface area contributed by atoms with E-state index < -0.39 is 0 Å². The maximum absolute atomic E-state index is 2.29. The molecule has 0 aliphatic carbocycles. The van der Waals surface area contributed by atoms with Crippen molar-refractivity contribution in [1.29, 1.82) is 0 Å². The Bertz CT molecular complexity index is 779. The Balaban J connectivity index is 1.39. The average molecular weight is 343 g/mol. The van der Waals surface area contributed by atoms with Gasteiger partial charge in [0.2, 0.25) is 19.0 Å². The Kier molecular flexibility index (Phi) is 5.68. The molecule has 6 heteroatoms. The van der Waals surface area contributed by atoms with Gasteiger partial charge >= 0.3 is 0 Å². The zero-order chi connectivity index (χ0) is 17.6. The lowest BCUT2D eigenvalue weighted by molar-refractivity contribution is -0.698. The second-order valence-electron chi connectivity index (χ2n) is 7.11. The molecule has 6 nitrogen and oxygen atoms in total. The Morgan fingerprint density at radius 1 is 0.760 bits per heavy atom. The van der Waals surface area contributed by atoms with Gasteiger partial charge in [0, 0.05) is 12.8 Å². The van der Waals surface area contributed by atoms with Crippen LogP contribution in [0.3, 0.4) is 0 Å². The monoisotopic (exact) mass is 343 g/mol. The number of aryl methyl sites for hydroxylation is 5. The molecule has 3 rings (SSSR count). The zero-order valence-electron chi connectivity index (χ0n) is 15.7. The molecule has 0 unspecified atom stereocenters. The molecule has 0 amide bonds. The van der Waals surface area contributed by atoms with E-state index in [9.17, 15) is 0 Å². The lowest BCUT2D eigenvalue weighted by Gasteiger charge is -1.98. The number of imidazole rings is 3. The standard InChI is InChI=1S/C19H31N6/c1-19(2)25-15-14-24(18-25)9-5-8-23-13-12-22(17-23)7-4-6-21-11-10-20(3)16-21/h10-19H,4-9H2,1-3H3/q+3. The summed E-state index contributed by atoms with van der Waals surface area (Å²) in [6.07, 6.45) is 21.7. The van der Waals surface area contributed by atoms with Gasteiger partial charge in [-0.1, -0.05) is 0 Å². The summed E-state index contributed by atoms with van der Waals surface area (Å²) in [5.41, 5.74) is 0. The van der Waals surface area contributed by atoms with Crippen molar-refractivity contribution in [2.75, 3.05) is 0 Å². The summed E-state index contributed by atoms with van der Waals surface area (Å²) in [4.78, 5) is 0. The lowest BCUT2D eigenvalue weighted by Crippen LogP contribution is -2.33. The largest absolute Gasteiger partial charge is 0.243 e. The first-order valence-electron chi connectivity index (χ1n) is 9.22. The van der Waals surface area contributed by atoms with Crippen LogP contribution in [0.5, 0.6) is 0 Å². The van der Waals surface area contributed by atoms with Crippen molar-refractivity contribution in [3.8, 4) is 0 Å². The molecule has 0 fully saturated rings. The predicted molar refractivity (Wildman–Crippen MR) is 94.5 cm³/mol. The highest BCUT2D eigenvalue weighted by molar-refractivity contribution is 4.70. The quantitative estimate of drug-likeness (QED) is 0.523. The molecule has 3 heterocycles. The number of hydrogen-bond acceptors (Lipinski definition) is 0. The van der Waals surface area contributed by atoms with Crippen molar-refractivity contribution in [2.45, 2.75) is 58.9 Å². The van der Waals surface area contributed by atoms with E-state index in [4.69, 9.17) is 0 Å². The van der Waals surface area contributed by atoms with Crippen molar-refractivity contribution < 1.29 is 13.7 Å². The second-order valence-corrected chi connectivity index (χ2v) is 7.11. The highest BCUT2D eigenvalue weighted by atomic mass is 15.1. The summed E-state index contributed by atoms with van der Waals surface area (Å²) in [7, 11) is 2.06. The maximum atomic E-state index is 2.29. The first-order valence-corrected chi connectivity index (χ1v) is 9.22. The average Bonchev–Trinajstić information content (AvgIpc) is 3.29.